The predicted molar refractivity (Wildman–Crippen MR) is 54.4 cm³/mol. The van der Waals surface area contributed by atoms with E-state index in [0.29, 0.717) is 29.3 Å². The van der Waals surface area contributed by atoms with Crippen molar-refractivity contribution in [3.63, 3.8) is 0 Å². The monoisotopic (exact) mass is 227 g/mol. The molecule has 0 aromatic carbocycles. The minimum atomic E-state index is 0.302. The van der Waals surface area contributed by atoms with Gasteiger partial charge in [0, 0.05) is 0 Å². The summed E-state index contributed by atoms with van der Waals surface area (Å²) in [6.45, 7) is 3.41. The van der Waals surface area contributed by atoms with E-state index in [-0.39, 0.29) is 0 Å². The lowest BCUT2D eigenvalue weighted by Gasteiger charge is -1.93. The molecular weight excluding hydrogens is 218 g/mol. The molecule has 0 amide bonds. The number of hydrogen-bond acceptors (Lipinski definition) is 5. The number of furan rings is 1. The van der Waals surface area contributed by atoms with Gasteiger partial charge in [0.1, 0.15) is 0 Å². The summed E-state index contributed by atoms with van der Waals surface area (Å²) in [7, 11) is 0. The molecule has 0 radical (unpaired) electrons. The highest BCUT2D eigenvalue weighted by Crippen LogP contribution is 2.23. The highest BCUT2D eigenvalue weighted by Gasteiger charge is 2.11. The fourth-order valence-corrected chi connectivity index (χ4v) is 1.23. The lowest BCUT2D eigenvalue weighted by molar-refractivity contribution is 0.464. The Morgan fingerprint density at radius 3 is 2.87 bits per heavy atom. The molecule has 0 spiro atoms. The molecule has 0 aliphatic rings. The molecule has 0 aliphatic carbocycles. The highest BCUT2D eigenvalue weighted by atomic mass is 35.5. The SMILES string of the molecule is CCNCc1nnc(-c2ccc(Cl)o2)o1. The van der Waals surface area contributed by atoms with E-state index in [9.17, 15) is 0 Å². The van der Waals surface area contributed by atoms with Gasteiger partial charge in [-0.25, -0.2) is 0 Å². The van der Waals surface area contributed by atoms with Crippen molar-refractivity contribution in [2.45, 2.75) is 13.5 Å². The first-order chi connectivity index (χ1) is 7.29. The van der Waals surface area contributed by atoms with Gasteiger partial charge in [-0.15, -0.1) is 10.2 Å². The lowest BCUT2D eigenvalue weighted by atomic mass is 10.4. The second-order valence-corrected chi connectivity index (χ2v) is 3.26. The van der Waals surface area contributed by atoms with Gasteiger partial charge in [-0.2, -0.15) is 0 Å². The Kier molecular flexibility index (Phi) is 3.03. The van der Waals surface area contributed by atoms with Crippen LogP contribution >= 0.6 is 11.6 Å². The van der Waals surface area contributed by atoms with Crippen molar-refractivity contribution in [3.8, 4) is 11.7 Å². The minimum Gasteiger partial charge on any atom is -0.440 e. The van der Waals surface area contributed by atoms with E-state index >= 15 is 0 Å². The molecule has 80 valence electrons. The third-order valence-corrected chi connectivity index (χ3v) is 1.98. The van der Waals surface area contributed by atoms with Crippen molar-refractivity contribution >= 4 is 11.6 Å². The molecule has 0 atom stereocenters. The Morgan fingerprint density at radius 2 is 2.20 bits per heavy atom. The van der Waals surface area contributed by atoms with Gasteiger partial charge in [0.05, 0.1) is 6.54 Å². The van der Waals surface area contributed by atoms with Gasteiger partial charge in [0.15, 0.2) is 11.0 Å². The lowest BCUT2D eigenvalue weighted by Crippen LogP contribution is -2.11. The standard InChI is InChI=1S/C9H10ClN3O2/c1-2-11-5-8-12-13-9(15-8)6-3-4-7(10)14-6/h3-4,11H,2,5H2,1H3. The second kappa shape index (κ2) is 4.46. The Hall–Kier alpha value is -1.33. The van der Waals surface area contributed by atoms with E-state index in [1.165, 1.54) is 0 Å². The van der Waals surface area contributed by atoms with Crippen LogP contribution in [0.15, 0.2) is 21.0 Å². The zero-order valence-corrected chi connectivity index (χ0v) is 8.91. The van der Waals surface area contributed by atoms with Gasteiger partial charge in [0.25, 0.3) is 5.89 Å². The molecule has 2 aromatic heterocycles. The Bertz CT molecular complexity index is 438. The third-order valence-electron chi connectivity index (χ3n) is 1.78. The average molecular weight is 228 g/mol. The summed E-state index contributed by atoms with van der Waals surface area (Å²) in [5, 5.41) is 11.1. The van der Waals surface area contributed by atoms with Crippen LogP contribution < -0.4 is 5.32 Å². The summed E-state index contributed by atoms with van der Waals surface area (Å²) in [6.07, 6.45) is 0. The van der Waals surface area contributed by atoms with Crippen molar-refractivity contribution in [1.29, 1.82) is 0 Å². The Labute approximate surface area is 91.4 Å². The summed E-state index contributed by atoms with van der Waals surface area (Å²) in [5.74, 6) is 1.35. The van der Waals surface area contributed by atoms with Crippen LogP contribution in [-0.2, 0) is 6.54 Å². The minimum absolute atomic E-state index is 0.302. The average Bonchev–Trinajstić information content (AvgIpc) is 2.83. The molecule has 2 rings (SSSR count). The van der Waals surface area contributed by atoms with E-state index in [0.717, 1.165) is 6.54 Å². The summed E-state index contributed by atoms with van der Waals surface area (Å²) in [5.41, 5.74) is 0. The summed E-state index contributed by atoms with van der Waals surface area (Å²) in [4.78, 5) is 0. The summed E-state index contributed by atoms with van der Waals surface area (Å²) in [6, 6.07) is 3.32. The van der Waals surface area contributed by atoms with Crippen molar-refractivity contribution in [2.24, 2.45) is 0 Å². The predicted octanol–water partition coefficient (Wildman–Crippen LogP) is 2.09. The van der Waals surface area contributed by atoms with E-state index < -0.39 is 0 Å². The van der Waals surface area contributed by atoms with Gasteiger partial charge in [0.2, 0.25) is 5.89 Å². The van der Waals surface area contributed by atoms with E-state index in [1.54, 1.807) is 12.1 Å². The van der Waals surface area contributed by atoms with Crippen molar-refractivity contribution in [1.82, 2.24) is 15.5 Å². The largest absolute Gasteiger partial charge is 0.440 e. The number of nitrogens with one attached hydrogen (secondary N) is 1. The van der Waals surface area contributed by atoms with Crippen LogP contribution in [0, 0.1) is 0 Å². The summed E-state index contributed by atoms with van der Waals surface area (Å²) < 4.78 is 10.5. The molecular formula is C9H10ClN3O2. The third kappa shape index (κ3) is 2.37. The maximum absolute atomic E-state index is 5.63. The van der Waals surface area contributed by atoms with Crippen molar-refractivity contribution in [3.05, 3.63) is 23.2 Å². The molecule has 2 heterocycles. The van der Waals surface area contributed by atoms with Crippen molar-refractivity contribution in [2.75, 3.05) is 6.54 Å². The van der Waals surface area contributed by atoms with Crippen LogP contribution in [0.25, 0.3) is 11.7 Å². The smallest absolute Gasteiger partial charge is 0.283 e. The zero-order valence-electron chi connectivity index (χ0n) is 8.16. The second-order valence-electron chi connectivity index (χ2n) is 2.89. The van der Waals surface area contributed by atoms with Crippen LogP contribution in [-0.4, -0.2) is 16.7 Å². The number of aromatic nitrogens is 2. The number of rotatable bonds is 4. The molecule has 0 aliphatic heterocycles. The number of halogens is 1. The van der Waals surface area contributed by atoms with Gasteiger partial charge in [-0.1, -0.05) is 6.92 Å². The normalized spacial score (nSPS) is 10.8. The maximum Gasteiger partial charge on any atom is 0.283 e. The van der Waals surface area contributed by atoms with E-state index in [4.69, 9.17) is 20.4 Å². The molecule has 6 heteroatoms. The van der Waals surface area contributed by atoms with Crippen molar-refractivity contribution < 1.29 is 8.83 Å². The quantitative estimate of drug-likeness (QED) is 0.867. The number of hydrogen-bond donors (Lipinski definition) is 1. The summed E-state index contributed by atoms with van der Waals surface area (Å²) >= 11 is 5.63. The van der Waals surface area contributed by atoms with Gasteiger partial charge >= 0.3 is 0 Å². The molecule has 1 N–H and O–H groups in total. The first-order valence-corrected chi connectivity index (χ1v) is 4.96. The molecule has 5 nitrogen and oxygen atoms in total. The molecule has 2 aromatic rings. The maximum atomic E-state index is 5.63. The van der Waals surface area contributed by atoms with Gasteiger partial charge in [-0.3, -0.25) is 0 Å². The molecule has 15 heavy (non-hydrogen) atoms. The number of nitrogens with zero attached hydrogens (tertiary/aromatic N) is 2. The van der Waals surface area contributed by atoms with E-state index in [1.807, 2.05) is 6.92 Å². The van der Waals surface area contributed by atoms with Crippen LogP contribution in [0.3, 0.4) is 0 Å². The topological polar surface area (TPSA) is 64.1 Å². The molecule has 0 bridgehead atoms. The van der Waals surface area contributed by atoms with Gasteiger partial charge in [-0.05, 0) is 30.3 Å². The fraction of sp³-hybridized carbons (Fsp3) is 0.333. The van der Waals surface area contributed by atoms with Crippen LogP contribution in [0.4, 0.5) is 0 Å². The molecule has 0 saturated heterocycles. The van der Waals surface area contributed by atoms with E-state index in [2.05, 4.69) is 15.5 Å². The fourth-order valence-electron chi connectivity index (χ4n) is 1.09. The molecule has 0 unspecified atom stereocenters. The highest BCUT2D eigenvalue weighted by molar-refractivity contribution is 6.28. The van der Waals surface area contributed by atoms with Crippen LogP contribution in [0.5, 0.6) is 0 Å². The van der Waals surface area contributed by atoms with Gasteiger partial charge < -0.3 is 14.2 Å². The first kappa shape index (κ1) is 10.2. The molecule has 0 saturated carbocycles. The van der Waals surface area contributed by atoms with Crippen LogP contribution in [0.1, 0.15) is 12.8 Å². The zero-order chi connectivity index (χ0) is 10.7. The van der Waals surface area contributed by atoms with Crippen LogP contribution in [0.2, 0.25) is 5.22 Å². The Morgan fingerprint density at radius 1 is 1.33 bits per heavy atom. The Balaban J connectivity index is 2.13. The first-order valence-electron chi connectivity index (χ1n) is 4.58. The molecule has 0 fully saturated rings.